The van der Waals surface area contributed by atoms with Crippen molar-refractivity contribution in [2.24, 2.45) is 0 Å². The molecule has 2 rings (SSSR count). The molecule has 18 heavy (non-hydrogen) atoms. The second kappa shape index (κ2) is 6.95. The zero-order valence-electron chi connectivity index (χ0n) is 10.0. The smallest absolute Gasteiger partial charge is 0.243 e. The van der Waals surface area contributed by atoms with E-state index in [1.807, 2.05) is 13.0 Å². The lowest BCUT2D eigenvalue weighted by molar-refractivity contribution is -0.120. The summed E-state index contributed by atoms with van der Waals surface area (Å²) in [5.41, 5.74) is 1.73. The van der Waals surface area contributed by atoms with E-state index in [0.717, 1.165) is 11.3 Å². The minimum absolute atomic E-state index is 0. The van der Waals surface area contributed by atoms with Gasteiger partial charge in [0.15, 0.2) is 0 Å². The number of halogens is 2. The summed E-state index contributed by atoms with van der Waals surface area (Å²) in [5.74, 6) is -0.0740. The molecule has 1 saturated heterocycles. The Balaban J connectivity index is 0.00000162. The first-order chi connectivity index (χ1) is 8.16. The largest absolute Gasteiger partial charge is 0.378 e. The molecule has 0 radical (unpaired) electrons. The van der Waals surface area contributed by atoms with Gasteiger partial charge < -0.3 is 15.4 Å². The zero-order valence-corrected chi connectivity index (χ0v) is 11.6. The van der Waals surface area contributed by atoms with E-state index >= 15 is 0 Å². The number of hydrogen-bond acceptors (Lipinski definition) is 3. The van der Waals surface area contributed by atoms with Crippen molar-refractivity contribution in [3.8, 4) is 0 Å². The fraction of sp³-hybridized carbons (Fsp3) is 0.417. The van der Waals surface area contributed by atoms with Gasteiger partial charge >= 0.3 is 0 Å². The van der Waals surface area contributed by atoms with Gasteiger partial charge in [-0.1, -0.05) is 11.6 Å². The van der Waals surface area contributed by atoms with Gasteiger partial charge in [0.1, 0.15) is 6.04 Å². The highest BCUT2D eigenvalue weighted by atomic mass is 35.5. The Hall–Kier alpha value is -0.810. The van der Waals surface area contributed by atoms with Gasteiger partial charge in [-0.15, -0.1) is 12.4 Å². The first kappa shape index (κ1) is 15.2. The molecule has 0 saturated carbocycles. The van der Waals surface area contributed by atoms with E-state index in [9.17, 15) is 4.79 Å². The molecule has 1 unspecified atom stereocenters. The molecule has 0 aromatic heterocycles. The molecule has 1 aliphatic rings. The number of morpholine rings is 1. The predicted molar refractivity (Wildman–Crippen MR) is 74.7 cm³/mol. The highest BCUT2D eigenvalue weighted by Crippen LogP contribution is 2.19. The van der Waals surface area contributed by atoms with Crippen molar-refractivity contribution in [2.45, 2.75) is 13.0 Å². The number of ether oxygens (including phenoxy) is 1. The number of amides is 1. The van der Waals surface area contributed by atoms with Crippen molar-refractivity contribution in [3.05, 3.63) is 28.8 Å². The van der Waals surface area contributed by atoms with Gasteiger partial charge in [0, 0.05) is 17.3 Å². The van der Waals surface area contributed by atoms with Crippen molar-refractivity contribution in [2.75, 3.05) is 25.1 Å². The van der Waals surface area contributed by atoms with Crippen LogP contribution in [0.25, 0.3) is 0 Å². The maximum absolute atomic E-state index is 11.9. The summed E-state index contributed by atoms with van der Waals surface area (Å²) in [6.07, 6.45) is 0. The van der Waals surface area contributed by atoms with Crippen LogP contribution in [0, 0.1) is 6.92 Å². The van der Waals surface area contributed by atoms with Gasteiger partial charge in [-0.3, -0.25) is 4.79 Å². The van der Waals surface area contributed by atoms with Crippen LogP contribution in [-0.2, 0) is 9.53 Å². The molecule has 0 aliphatic carbocycles. The van der Waals surface area contributed by atoms with Crippen LogP contribution in [0.15, 0.2) is 18.2 Å². The first-order valence-corrected chi connectivity index (χ1v) is 5.93. The third-order valence-electron chi connectivity index (χ3n) is 2.68. The van der Waals surface area contributed by atoms with E-state index in [1.54, 1.807) is 12.1 Å². The molecule has 1 aliphatic heterocycles. The lowest BCUT2D eigenvalue weighted by Gasteiger charge is -2.23. The zero-order chi connectivity index (χ0) is 12.3. The number of rotatable bonds is 2. The van der Waals surface area contributed by atoms with Crippen molar-refractivity contribution < 1.29 is 9.53 Å². The number of carbonyl (C=O) groups excluding carboxylic acids is 1. The van der Waals surface area contributed by atoms with E-state index in [-0.39, 0.29) is 24.4 Å². The molecule has 1 aromatic rings. The second-order valence-corrected chi connectivity index (χ2v) is 4.47. The van der Waals surface area contributed by atoms with Gasteiger partial charge in [0.2, 0.25) is 5.91 Å². The Bertz CT molecular complexity index is 421. The maximum Gasteiger partial charge on any atom is 0.243 e. The normalized spacial score (nSPS) is 18.9. The first-order valence-electron chi connectivity index (χ1n) is 5.55. The topological polar surface area (TPSA) is 50.4 Å². The van der Waals surface area contributed by atoms with Crippen molar-refractivity contribution in [1.82, 2.24) is 5.32 Å². The van der Waals surface area contributed by atoms with Crippen molar-refractivity contribution in [3.63, 3.8) is 0 Å². The molecule has 6 heteroatoms. The van der Waals surface area contributed by atoms with E-state index in [1.165, 1.54) is 0 Å². The van der Waals surface area contributed by atoms with E-state index in [2.05, 4.69) is 10.6 Å². The van der Waals surface area contributed by atoms with Crippen LogP contribution >= 0.6 is 24.0 Å². The molecule has 1 atom stereocenters. The van der Waals surface area contributed by atoms with Crippen molar-refractivity contribution in [1.29, 1.82) is 0 Å². The Morgan fingerprint density at radius 2 is 2.33 bits per heavy atom. The highest BCUT2D eigenvalue weighted by molar-refractivity contribution is 6.30. The molecule has 100 valence electrons. The fourth-order valence-electron chi connectivity index (χ4n) is 1.72. The van der Waals surface area contributed by atoms with Crippen molar-refractivity contribution >= 4 is 35.6 Å². The van der Waals surface area contributed by atoms with Crippen LogP contribution < -0.4 is 10.6 Å². The fourth-order valence-corrected chi connectivity index (χ4v) is 1.95. The van der Waals surface area contributed by atoms with Crippen LogP contribution in [0.4, 0.5) is 5.69 Å². The van der Waals surface area contributed by atoms with Crippen LogP contribution in [0.2, 0.25) is 5.02 Å². The Kier molecular flexibility index (Phi) is 5.88. The molecule has 1 fully saturated rings. The summed E-state index contributed by atoms with van der Waals surface area (Å²) in [6, 6.07) is 5.11. The molecule has 1 aromatic carbocycles. The van der Waals surface area contributed by atoms with Gasteiger partial charge in [-0.05, 0) is 30.7 Å². The monoisotopic (exact) mass is 290 g/mol. The summed E-state index contributed by atoms with van der Waals surface area (Å²) < 4.78 is 5.25. The van der Waals surface area contributed by atoms with Crippen LogP contribution in [0.5, 0.6) is 0 Å². The van der Waals surface area contributed by atoms with Gasteiger partial charge in [-0.25, -0.2) is 0 Å². The van der Waals surface area contributed by atoms with E-state index in [4.69, 9.17) is 16.3 Å². The molecule has 0 spiro atoms. The third kappa shape index (κ3) is 3.85. The average molecular weight is 291 g/mol. The van der Waals surface area contributed by atoms with Gasteiger partial charge in [-0.2, -0.15) is 0 Å². The lowest BCUT2D eigenvalue weighted by Crippen LogP contribution is -2.48. The number of nitrogens with one attached hydrogen (secondary N) is 2. The number of carbonyl (C=O) groups is 1. The SMILES string of the molecule is Cc1cc(Cl)ccc1NC(=O)C1COCCN1.Cl. The number of benzene rings is 1. The summed E-state index contributed by atoms with van der Waals surface area (Å²) >= 11 is 5.86. The molecular formula is C12H16Cl2N2O2. The molecule has 1 heterocycles. The summed E-state index contributed by atoms with van der Waals surface area (Å²) in [4.78, 5) is 11.9. The standard InChI is InChI=1S/C12H15ClN2O2.ClH/c1-8-6-9(13)2-3-10(8)15-12(16)11-7-17-5-4-14-11;/h2-3,6,11,14H,4-5,7H2,1H3,(H,15,16);1H. The number of aryl methyl sites for hydroxylation is 1. The van der Waals surface area contributed by atoms with Crippen LogP contribution in [0.1, 0.15) is 5.56 Å². The quantitative estimate of drug-likeness (QED) is 0.876. The van der Waals surface area contributed by atoms with Gasteiger partial charge in [0.25, 0.3) is 0 Å². The molecule has 0 bridgehead atoms. The van der Waals surface area contributed by atoms with Crippen LogP contribution in [-0.4, -0.2) is 31.7 Å². The molecule has 4 nitrogen and oxygen atoms in total. The number of hydrogen-bond donors (Lipinski definition) is 2. The predicted octanol–water partition coefficient (Wildman–Crippen LogP) is 2.00. The minimum atomic E-state index is -0.279. The molecule has 1 amide bonds. The second-order valence-electron chi connectivity index (χ2n) is 4.03. The number of anilines is 1. The molecule has 2 N–H and O–H groups in total. The highest BCUT2D eigenvalue weighted by Gasteiger charge is 2.21. The van der Waals surface area contributed by atoms with E-state index < -0.39 is 0 Å². The van der Waals surface area contributed by atoms with Crippen LogP contribution in [0.3, 0.4) is 0 Å². The Morgan fingerprint density at radius 3 is 2.94 bits per heavy atom. The summed E-state index contributed by atoms with van der Waals surface area (Å²) in [5, 5.41) is 6.64. The third-order valence-corrected chi connectivity index (χ3v) is 2.92. The average Bonchev–Trinajstić information content (AvgIpc) is 2.34. The molecular weight excluding hydrogens is 275 g/mol. The van der Waals surface area contributed by atoms with E-state index in [0.29, 0.717) is 24.8 Å². The van der Waals surface area contributed by atoms with Gasteiger partial charge in [0.05, 0.1) is 13.2 Å². The maximum atomic E-state index is 11.9. The lowest BCUT2D eigenvalue weighted by atomic mass is 10.2. The summed E-state index contributed by atoms with van der Waals surface area (Å²) in [6.45, 7) is 3.69. The Labute approximate surface area is 117 Å². The minimum Gasteiger partial charge on any atom is -0.378 e. The Morgan fingerprint density at radius 1 is 1.56 bits per heavy atom. The summed E-state index contributed by atoms with van der Waals surface area (Å²) in [7, 11) is 0.